The molecule has 8 nitrogen and oxygen atoms in total. The Hall–Kier alpha value is -1.54. The number of ether oxygens (including phenoxy) is 2. The second kappa shape index (κ2) is 10.4. The number of amides is 3. The van der Waals surface area contributed by atoms with E-state index < -0.39 is 12.1 Å². The van der Waals surface area contributed by atoms with Crippen LogP contribution in [0.3, 0.4) is 0 Å². The van der Waals surface area contributed by atoms with Crippen molar-refractivity contribution in [2.45, 2.75) is 6.92 Å². The van der Waals surface area contributed by atoms with E-state index in [-0.39, 0.29) is 19.8 Å². The molecule has 3 N–H and O–H groups in total. The van der Waals surface area contributed by atoms with E-state index in [0.29, 0.717) is 26.2 Å². The summed E-state index contributed by atoms with van der Waals surface area (Å²) < 4.78 is 9.86. The second-order valence-electron chi connectivity index (χ2n) is 3.78. The number of nitrogens with zero attached hydrogens (tertiary/aromatic N) is 2. The molecule has 0 aliphatic rings. The number of carbonyl (C=O) groups excluding carboxylic acids is 2. The van der Waals surface area contributed by atoms with Gasteiger partial charge in [0.1, 0.15) is 0 Å². The number of likely N-dealkylation sites (N-methyl/N-ethyl adjacent to an activating group) is 1. The van der Waals surface area contributed by atoms with Crippen molar-refractivity contribution in [1.29, 1.82) is 0 Å². The summed E-state index contributed by atoms with van der Waals surface area (Å²) in [6, 6.07) is -0.579. The lowest BCUT2D eigenvalue weighted by Gasteiger charge is -2.23. The summed E-state index contributed by atoms with van der Waals surface area (Å²) in [5.74, 6) is 0. The first-order valence-electron chi connectivity index (χ1n) is 6.13. The van der Waals surface area contributed by atoms with Crippen molar-refractivity contribution < 1.29 is 24.2 Å². The van der Waals surface area contributed by atoms with Gasteiger partial charge in [-0.25, -0.2) is 9.59 Å². The SMILES string of the molecule is CCOC(=O)N(C)CCN(CCOCCO)C(N)=O. The number of aliphatic hydroxyl groups is 1. The van der Waals surface area contributed by atoms with E-state index in [1.165, 1.54) is 9.80 Å². The molecule has 0 heterocycles. The fourth-order valence-corrected chi connectivity index (χ4v) is 1.27. The van der Waals surface area contributed by atoms with Gasteiger partial charge in [-0.1, -0.05) is 0 Å². The molecule has 0 aliphatic carbocycles. The van der Waals surface area contributed by atoms with Crippen LogP contribution in [0, 0.1) is 0 Å². The van der Waals surface area contributed by atoms with Gasteiger partial charge in [0.2, 0.25) is 0 Å². The van der Waals surface area contributed by atoms with Crippen LogP contribution in [0.25, 0.3) is 0 Å². The highest BCUT2D eigenvalue weighted by atomic mass is 16.6. The van der Waals surface area contributed by atoms with Gasteiger partial charge in [0.05, 0.1) is 26.4 Å². The average molecular weight is 277 g/mol. The lowest BCUT2D eigenvalue weighted by atomic mass is 10.4. The highest BCUT2D eigenvalue weighted by Crippen LogP contribution is 1.94. The molecule has 0 atom stereocenters. The van der Waals surface area contributed by atoms with E-state index in [0.717, 1.165) is 0 Å². The zero-order valence-electron chi connectivity index (χ0n) is 11.5. The van der Waals surface area contributed by atoms with Gasteiger partial charge in [-0.2, -0.15) is 0 Å². The number of primary amides is 1. The van der Waals surface area contributed by atoms with Crippen molar-refractivity contribution in [3.63, 3.8) is 0 Å². The van der Waals surface area contributed by atoms with E-state index in [1.54, 1.807) is 14.0 Å². The monoisotopic (exact) mass is 277 g/mol. The fourth-order valence-electron chi connectivity index (χ4n) is 1.27. The summed E-state index contributed by atoms with van der Waals surface area (Å²) in [5.41, 5.74) is 5.22. The number of hydrogen-bond acceptors (Lipinski definition) is 5. The van der Waals surface area contributed by atoms with Crippen LogP contribution in [0.1, 0.15) is 6.92 Å². The molecule has 112 valence electrons. The number of aliphatic hydroxyl groups excluding tert-OH is 1. The molecule has 0 radical (unpaired) electrons. The number of rotatable bonds is 9. The summed E-state index contributed by atoms with van der Waals surface area (Å²) in [6.07, 6.45) is -0.441. The lowest BCUT2D eigenvalue weighted by Crippen LogP contribution is -2.43. The van der Waals surface area contributed by atoms with Gasteiger partial charge in [-0.15, -0.1) is 0 Å². The summed E-state index contributed by atoms with van der Waals surface area (Å²) in [5, 5.41) is 8.54. The molecule has 0 aliphatic heterocycles. The molecular formula is C11H23N3O5. The molecule has 8 heteroatoms. The molecule has 19 heavy (non-hydrogen) atoms. The molecule has 0 aromatic rings. The van der Waals surface area contributed by atoms with E-state index in [9.17, 15) is 9.59 Å². The minimum Gasteiger partial charge on any atom is -0.450 e. The van der Waals surface area contributed by atoms with Gasteiger partial charge in [-0.3, -0.25) is 0 Å². The number of hydrogen-bond donors (Lipinski definition) is 2. The Balaban J connectivity index is 4.00. The van der Waals surface area contributed by atoms with Crippen molar-refractivity contribution in [2.75, 3.05) is 53.1 Å². The maximum Gasteiger partial charge on any atom is 0.409 e. The first kappa shape index (κ1) is 17.5. The van der Waals surface area contributed by atoms with Crippen molar-refractivity contribution >= 4 is 12.1 Å². The molecule has 0 rings (SSSR count). The van der Waals surface area contributed by atoms with Gasteiger partial charge in [0, 0.05) is 26.7 Å². The zero-order valence-corrected chi connectivity index (χ0v) is 11.5. The Morgan fingerprint density at radius 2 is 1.89 bits per heavy atom. The van der Waals surface area contributed by atoms with Crippen LogP contribution >= 0.6 is 0 Å². The van der Waals surface area contributed by atoms with Crippen molar-refractivity contribution in [2.24, 2.45) is 5.73 Å². The van der Waals surface area contributed by atoms with Crippen LogP contribution in [-0.4, -0.2) is 80.1 Å². The van der Waals surface area contributed by atoms with E-state index >= 15 is 0 Å². The van der Waals surface area contributed by atoms with Crippen LogP contribution in [-0.2, 0) is 9.47 Å². The zero-order chi connectivity index (χ0) is 14.7. The summed E-state index contributed by atoms with van der Waals surface area (Å²) >= 11 is 0. The molecule has 0 aromatic heterocycles. The minimum atomic E-state index is -0.579. The van der Waals surface area contributed by atoms with Gasteiger partial charge >= 0.3 is 12.1 Å². The van der Waals surface area contributed by atoms with Crippen molar-refractivity contribution in [3.05, 3.63) is 0 Å². The minimum absolute atomic E-state index is 0.0673. The third-order valence-corrected chi connectivity index (χ3v) is 2.34. The quantitative estimate of drug-likeness (QED) is 0.551. The number of nitrogens with two attached hydrogens (primary N) is 1. The second-order valence-corrected chi connectivity index (χ2v) is 3.78. The van der Waals surface area contributed by atoms with Gasteiger partial charge in [0.25, 0.3) is 0 Å². The predicted octanol–water partition coefficient (Wildman–Crippen LogP) is -0.536. The normalized spacial score (nSPS) is 10.1. The van der Waals surface area contributed by atoms with Crippen LogP contribution in [0.2, 0.25) is 0 Å². The standard InChI is InChI=1S/C11H23N3O5/c1-3-19-11(17)13(2)4-5-14(10(12)16)6-8-18-9-7-15/h15H,3-9H2,1-2H3,(H2,12,16). The molecule has 3 amide bonds. The Bertz CT molecular complexity index is 275. The van der Waals surface area contributed by atoms with Crippen LogP contribution in [0.15, 0.2) is 0 Å². The number of urea groups is 1. The highest BCUT2D eigenvalue weighted by Gasteiger charge is 2.13. The smallest absolute Gasteiger partial charge is 0.409 e. The Kier molecular flexibility index (Phi) is 9.55. The number of carbonyl (C=O) groups is 2. The molecule has 0 bridgehead atoms. The maximum atomic E-state index is 11.3. The van der Waals surface area contributed by atoms with E-state index in [2.05, 4.69) is 0 Å². The van der Waals surface area contributed by atoms with E-state index in [1.807, 2.05) is 0 Å². The average Bonchev–Trinajstić information content (AvgIpc) is 2.37. The molecule has 0 saturated carbocycles. The Labute approximate surface area is 113 Å². The Morgan fingerprint density at radius 3 is 2.42 bits per heavy atom. The van der Waals surface area contributed by atoms with Crippen LogP contribution < -0.4 is 5.73 Å². The lowest BCUT2D eigenvalue weighted by molar-refractivity contribution is 0.0767. The highest BCUT2D eigenvalue weighted by molar-refractivity contribution is 5.72. The topological polar surface area (TPSA) is 105 Å². The van der Waals surface area contributed by atoms with Gasteiger partial charge in [0.15, 0.2) is 0 Å². The van der Waals surface area contributed by atoms with Crippen LogP contribution in [0.5, 0.6) is 0 Å². The maximum absolute atomic E-state index is 11.3. The molecule has 0 fully saturated rings. The van der Waals surface area contributed by atoms with Crippen molar-refractivity contribution in [1.82, 2.24) is 9.80 Å². The third-order valence-electron chi connectivity index (χ3n) is 2.34. The molecule has 0 aromatic carbocycles. The summed E-state index contributed by atoms with van der Waals surface area (Å²) in [4.78, 5) is 25.3. The molecule has 0 unspecified atom stereocenters. The van der Waals surface area contributed by atoms with Crippen molar-refractivity contribution in [3.8, 4) is 0 Å². The predicted molar refractivity (Wildman–Crippen MR) is 68.7 cm³/mol. The van der Waals surface area contributed by atoms with Crippen LogP contribution in [0.4, 0.5) is 9.59 Å². The van der Waals surface area contributed by atoms with Gasteiger partial charge in [-0.05, 0) is 6.92 Å². The summed E-state index contributed by atoms with van der Waals surface area (Å²) in [6.45, 7) is 3.39. The van der Waals surface area contributed by atoms with Gasteiger partial charge < -0.3 is 30.1 Å². The first-order valence-corrected chi connectivity index (χ1v) is 6.13. The van der Waals surface area contributed by atoms with E-state index in [4.69, 9.17) is 20.3 Å². The Morgan fingerprint density at radius 1 is 1.21 bits per heavy atom. The fraction of sp³-hybridized carbons (Fsp3) is 0.818. The third kappa shape index (κ3) is 8.22. The first-order chi connectivity index (χ1) is 9.02. The molecular weight excluding hydrogens is 254 g/mol. The summed E-state index contributed by atoms with van der Waals surface area (Å²) in [7, 11) is 1.58. The molecule has 0 saturated heterocycles. The largest absolute Gasteiger partial charge is 0.450 e. The molecule has 0 spiro atoms.